The molecule has 0 fully saturated rings. The molecule has 0 spiro atoms. The molecule has 1 amide bonds. The number of carbonyl (C=O) groups is 1. The van der Waals surface area contributed by atoms with E-state index in [1.165, 1.54) is 0 Å². The second-order valence-corrected chi connectivity index (χ2v) is 3.46. The van der Waals surface area contributed by atoms with E-state index >= 15 is 0 Å². The maximum Gasteiger partial charge on any atom is 0.239 e. The fraction of sp³-hybridized carbons (Fsp3) is 0.455. The fourth-order valence-corrected chi connectivity index (χ4v) is 1.35. The molecule has 1 aromatic rings. The van der Waals surface area contributed by atoms with Gasteiger partial charge in [0.1, 0.15) is 5.82 Å². The van der Waals surface area contributed by atoms with Gasteiger partial charge in [0.25, 0.3) is 0 Å². The van der Waals surface area contributed by atoms with E-state index in [4.69, 9.17) is 0 Å². The molecular weight excluding hydrogens is 204 g/mol. The number of hydrogen-bond acceptors (Lipinski definition) is 4. The fourth-order valence-electron chi connectivity index (χ4n) is 1.35. The largest absolute Gasteiger partial charge is 0.373 e. The molecule has 88 valence electrons. The number of anilines is 2. The minimum atomic E-state index is 0.0211. The van der Waals surface area contributed by atoms with Crippen LogP contribution in [0.5, 0.6) is 0 Å². The first-order chi connectivity index (χ1) is 7.67. The van der Waals surface area contributed by atoms with E-state index in [0.717, 1.165) is 11.5 Å². The molecule has 0 bridgehead atoms. The van der Waals surface area contributed by atoms with E-state index in [1.807, 2.05) is 38.1 Å². The maximum absolute atomic E-state index is 11.4. The van der Waals surface area contributed by atoms with Crippen LogP contribution in [0.25, 0.3) is 0 Å². The molecule has 0 radical (unpaired) electrons. The Bertz CT molecular complexity index is 354. The molecule has 0 unspecified atom stereocenters. The Balaban J connectivity index is 2.64. The molecule has 0 aliphatic carbocycles. The lowest BCUT2D eigenvalue weighted by molar-refractivity contribution is -0.119. The molecular formula is C11H18N4O. The van der Waals surface area contributed by atoms with Crippen LogP contribution < -0.4 is 15.5 Å². The van der Waals surface area contributed by atoms with Gasteiger partial charge in [0.2, 0.25) is 5.91 Å². The number of rotatable bonds is 5. The van der Waals surface area contributed by atoms with Crippen molar-refractivity contribution in [2.75, 3.05) is 37.4 Å². The average Bonchev–Trinajstić information content (AvgIpc) is 2.29. The quantitative estimate of drug-likeness (QED) is 0.770. The topological polar surface area (TPSA) is 57.3 Å². The van der Waals surface area contributed by atoms with E-state index in [9.17, 15) is 4.79 Å². The lowest BCUT2D eigenvalue weighted by Gasteiger charge is -2.18. The molecule has 0 aliphatic rings. The highest BCUT2D eigenvalue weighted by atomic mass is 16.1. The predicted molar refractivity (Wildman–Crippen MR) is 65.7 cm³/mol. The second-order valence-electron chi connectivity index (χ2n) is 3.46. The van der Waals surface area contributed by atoms with Gasteiger partial charge in [0, 0.05) is 38.6 Å². The van der Waals surface area contributed by atoms with Gasteiger partial charge in [-0.15, -0.1) is 0 Å². The van der Waals surface area contributed by atoms with Crippen LogP contribution in [0.4, 0.5) is 11.5 Å². The summed E-state index contributed by atoms with van der Waals surface area (Å²) in [6.07, 6.45) is 1.72. The van der Waals surface area contributed by atoms with Crippen LogP contribution in [0.1, 0.15) is 6.92 Å². The smallest absolute Gasteiger partial charge is 0.239 e. The molecule has 5 heteroatoms. The van der Waals surface area contributed by atoms with Crippen molar-refractivity contribution in [3.8, 4) is 0 Å². The number of likely N-dealkylation sites (N-methyl/N-ethyl adjacent to an activating group) is 2. The second kappa shape index (κ2) is 5.95. The lowest BCUT2D eigenvalue weighted by atomic mass is 10.3. The zero-order chi connectivity index (χ0) is 12.0. The Hall–Kier alpha value is -1.78. The van der Waals surface area contributed by atoms with Gasteiger partial charge in [0.15, 0.2) is 0 Å². The van der Waals surface area contributed by atoms with E-state index in [0.29, 0.717) is 13.1 Å². The molecule has 5 nitrogen and oxygen atoms in total. The molecule has 1 aromatic heterocycles. The van der Waals surface area contributed by atoms with Crippen LogP contribution in [0.2, 0.25) is 0 Å². The summed E-state index contributed by atoms with van der Waals surface area (Å²) in [6.45, 7) is 2.91. The standard InChI is InChI=1S/C11H18N4O/c1-4-13-11(16)8-15(3)9-5-6-14-10(7-9)12-2/h5-7H,4,8H2,1-3H3,(H,12,14)(H,13,16). The van der Waals surface area contributed by atoms with E-state index < -0.39 is 0 Å². The summed E-state index contributed by atoms with van der Waals surface area (Å²) in [5.74, 6) is 0.813. The summed E-state index contributed by atoms with van der Waals surface area (Å²) >= 11 is 0. The number of amides is 1. The molecule has 1 heterocycles. The molecule has 0 saturated heterocycles. The summed E-state index contributed by atoms with van der Waals surface area (Å²) in [5.41, 5.74) is 0.964. The first-order valence-corrected chi connectivity index (χ1v) is 5.29. The zero-order valence-electron chi connectivity index (χ0n) is 9.95. The molecule has 0 atom stereocenters. The van der Waals surface area contributed by atoms with Gasteiger partial charge in [-0.1, -0.05) is 0 Å². The van der Waals surface area contributed by atoms with Gasteiger partial charge in [-0.2, -0.15) is 0 Å². The van der Waals surface area contributed by atoms with Gasteiger partial charge in [-0.3, -0.25) is 4.79 Å². The first-order valence-electron chi connectivity index (χ1n) is 5.29. The predicted octanol–water partition coefficient (Wildman–Crippen LogP) is 0.696. The van der Waals surface area contributed by atoms with Crippen LogP contribution >= 0.6 is 0 Å². The van der Waals surface area contributed by atoms with Crippen LogP contribution in [0.3, 0.4) is 0 Å². The first kappa shape index (κ1) is 12.3. The number of hydrogen-bond donors (Lipinski definition) is 2. The zero-order valence-corrected chi connectivity index (χ0v) is 9.95. The van der Waals surface area contributed by atoms with Crippen molar-refractivity contribution in [3.05, 3.63) is 18.3 Å². The molecule has 1 rings (SSSR count). The minimum Gasteiger partial charge on any atom is -0.373 e. The number of carbonyl (C=O) groups excluding carboxylic acids is 1. The maximum atomic E-state index is 11.4. The van der Waals surface area contributed by atoms with Crippen molar-refractivity contribution >= 4 is 17.4 Å². The van der Waals surface area contributed by atoms with Crippen LogP contribution in [-0.2, 0) is 4.79 Å². The van der Waals surface area contributed by atoms with E-state index in [-0.39, 0.29) is 5.91 Å². The third kappa shape index (κ3) is 3.42. The van der Waals surface area contributed by atoms with Gasteiger partial charge < -0.3 is 15.5 Å². The Labute approximate surface area is 95.9 Å². The minimum absolute atomic E-state index is 0.0211. The third-order valence-electron chi connectivity index (χ3n) is 2.20. The highest BCUT2D eigenvalue weighted by Gasteiger charge is 2.06. The molecule has 0 aliphatic heterocycles. The summed E-state index contributed by atoms with van der Waals surface area (Å²) in [4.78, 5) is 17.4. The van der Waals surface area contributed by atoms with Crippen LogP contribution in [-0.4, -0.2) is 38.1 Å². The van der Waals surface area contributed by atoms with Gasteiger partial charge in [-0.25, -0.2) is 4.98 Å². The van der Waals surface area contributed by atoms with E-state index in [1.54, 1.807) is 6.20 Å². The van der Waals surface area contributed by atoms with Crippen molar-refractivity contribution in [1.29, 1.82) is 0 Å². The summed E-state index contributed by atoms with van der Waals surface area (Å²) < 4.78 is 0. The average molecular weight is 222 g/mol. The van der Waals surface area contributed by atoms with Crippen LogP contribution in [0.15, 0.2) is 18.3 Å². The number of aromatic nitrogens is 1. The Kier molecular flexibility index (Phi) is 4.57. The number of nitrogens with one attached hydrogen (secondary N) is 2. The van der Waals surface area contributed by atoms with Gasteiger partial charge >= 0.3 is 0 Å². The Morgan fingerprint density at radius 1 is 1.56 bits per heavy atom. The molecule has 0 aromatic carbocycles. The number of pyridine rings is 1. The number of nitrogens with zero attached hydrogens (tertiary/aromatic N) is 2. The van der Waals surface area contributed by atoms with Gasteiger partial charge in [-0.05, 0) is 13.0 Å². The van der Waals surface area contributed by atoms with Crippen molar-refractivity contribution in [2.24, 2.45) is 0 Å². The Morgan fingerprint density at radius 3 is 2.94 bits per heavy atom. The third-order valence-corrected chi connectivity index (χ3v) is 2.20. The lowest BCUT2D eigenvalue weighted by Crippen LogP contribution is -2.34. The van der Waals surface area contributed by atoms with Gasteiger partial charge in [0.05, 0.1) is 6.54 Å². The molecule has 2 N–H and O–H groups in total. The van der Waals surface area contributed by atoms with Crippen molar-refractivity contribution < 1.29 is 4.79 Å². The normalized spacial score (nSPS) is 9.69. The summed E-state index contributed by atoms with van der Waals surface area (Å²) in [5, 5.41) is 5.73. The Morgan fingerprint density at radius 2 is 2.31 bits per heavy atom. The monoisotopic (exact) mass is 222 g/mol. The van der Waals surface area contributed by atoms with Crippen molar-refractivity contribution in [1.82, 2.24) is 10.3 Å². The van der Waals surface area contributed by atoms with Crippen molar-refractivity contribution in [3.63, 3.8) is 0 Å². The van der Waals surface area contributed by atoms with Crippen molar-refractivity contribution in [2.45, 2.75) is 6.92 Å². The molecule has 16 heavy (non-hydrogen) atoms. The molecule has 0 saturated carbocycles. The van der Waals surface area contributed by atoms with E-state index in [2.05, 4.69) is 15.6 Å². The SMILES string of the molecule is CCNC(=O)CN(C)c1ccnc(NC)c1. The highest BCUT2D eigenvalue weighted by Crippen LogP contribution is 2.14. The summed E-state index contributed by atoms with van der Waals surface area (Å²) in [6, 6.07) is 3.78. The van der Waals surface area contributed by atoms with Crippen LogP contribution in [0, 0.1) is 0 Å². The summed E-state index contributed by atoms with van der Waals surface area (Å²) in [7, 11) is 3.69. The highest BCUT2D eigenvalue weighted by molar-refractivity contribution is 5.81.